The lowest BCUT2D eigenvalue weighted by molar-refractivity contribution is 0.0858. The van der Waals surface area contributed by atoms with E-state index in [1.165, 1.54) is 37.0 Å². The van der Waals surface area contributed by atoms with Crippen molar-refractivity contribution in [3.63, 3.8) is 0 Å². The maximum Gasteiger partial charge on any atom is 0.0623 e. The first-order valence-corrected chi connectivity index (χ1v) is 8.16. The summed E-state index contributed by atoms with van der Waals surface area (Å²) in [5, 5.41) is 5.95. The smallest absolute Gasteiger partial charge is 0.0623 e. The van der Waals surface area contributed by atoms with Gasteiger partial charge in [-0.15, -0.1) is 11.3 Å². The zero-order chi connectivity index (χ0) is 12.4. The van der Waals surface area contributed by atoms with E-state index in [0.717, 1.165) is 12.5 Å². The molecule has 1 aromatic rings. The van der Waals surface area contributed by atoms with Crippen LogP contribution in [0.25, 0.3) is 0 Å². The highest BCUT2D eigenvalue weighted by Crippen LogP contribution is 2.41. The molecule has 3 heterocycles. The van der Waals surface area contributed by atoms with E-state index in [2.05, 4.69) is 29.8 Å². The zero-order valence-electron chi connectivity index (χ0n) is 11.1. The molecule has 100 valence electrons. The summed E-state index contributed by atoms with van der Waals surface area (Å²) in [5.41, 5.74) is 0. The Morgan fingerprint density at radius 3 is 3.06 bits per heavy atom. The van der Waals surface area contributed by atoms with Crippen LogP contribution in [-0.2, 0) is 11.2 Å². The van der Waals surface area contributed by atoms with Crippen LogP contribution >= 0.6 is 11.3 Å². The van der Waals surface area contributed by atoms with E-state index in [0.29, 0.717) is 18.2 Å². The van der Waals surface area contributed by atoms with Gasteiger partial charge < -0.3 is 10.1 Å². The van der Waals surface area contributed by atoms with Crippen molar-refractivity contribution in [2.75, 3.05) is 6.54 Å². The van der Waals surface area contributed by atoms with Gasteiger partial charge in [-0.05, 0) is 50.1 Å². The third kappa shape index (κ3) is 2.63. The Labute approximate surface area is 114 Å². The fourth-order valence-corrected chi connectivity index (χ4v) is 4.22. The van der Waals surface area contributed by atoms with Crippen molar-refractivity contribution in [2.24, 2.45) is 5.92 Å². The van der Waals surface area contributed by atoms with Gasteiger partial charge >= 0.3 is 0 Å². The van der Waals surface area contributed by atoms with Crippen LogP contribution in [0, 0.1) is 5.92 Å². The highest BCUT2D eigenvalue weighted by atomic mass is 32.1. The van der Waals surface area contributed by atoms with Crippen LogP contribution in [0.4, 0.5) is 0 Å². The monoisotopic (exact) mass is 265 g/mol. The average molecular weight is 265 g/mol. The minimum Gasteiger partial charge on any atom is -0.375 e. The summed E-state index contributed by atoms with van der Waals surface area (Å²) in [5.74, 6) is 0.734. The molecule has 2 bridgehead atoms. The van der Waals surface area contributed by atoms with E-state index in [9.17, 15) is 0 Å². The number of rotatable bonds is 6. The molecule has 18 heavy (non-hydrogen) atoms. The quantitative estimate of drug-likeness (QED) is 0.852. The first kappa shape index (κ1) is 12.6. The molecule has 3 rings (SSSR count). The van der Waals surface area contributed by atoms with Crippen LogP contribution in [0.1, 0.15) is 37.5 Å². The molecular formula is C15H23NOS. The number of nitrogens with one attached hydrogen (secondary N) is 1. The molecule has 1 aromatic heterocycles. The number of thiophene rings is 1. The van der Waals surface area contributed by atoms with Crippen molar-refractivity contribution in [3.8, 4) is 0 Å². The maximum absolute atomic E-state index is 6.03. The molecule has 2 aliphatic heterocycles. The minimum absolute atomic E-state index is 0.532. The fraction of sp³-hybridized carbons (Fsp3) is 0.733. The third-order valence-electron chi connectivity index (χ3n) is 4.33. The van der Waals surface area contributed by atoms with Crippen molar-refractivity contribution < 1.29 is 4.74 Å². The zero-order valence-corrected chi connectivity index (χ0v) is 11.9. The van der Waals surface area contributed by atoms with Gasteiger partial charge in [0.1, 0.15) is 0 Å². The molecule has 2 aliphatic rings. The van der Waals surface area contributed by atoms with Crippen LogP contribution in [-0.4, -0.2) is 24.8 Å². The Morgan fingerprint density at radius 1 is 1.50 bits per heavy atom. The number of fused-ring (bicyclic) bond motifs is 2. The van der Waals surface area contributed by atoms with Gasteiger partial charge in [0, 0.05) is 16.8 Å². The van der Waals surface area contributed by atoms with E-state index < -0.39 is 0 Å². The molecular weight excluding hydrogens is 242 g/mol. The van der Waals surface area contributed by atoms with E-state index >= 15 is 0 Å². The summed E-state index contributed by atoms with van der Waals surface area (Å²) in [7, 11) is 0. The second-order valence-electron chi connectivity index (χ2n) is 5.62. The Bertz CT molecular complexity index is 365. The molecule has 0 spiro atoms. The topological polar surface area (TPSA) is 21.3 Å². The molecule has 4 unspecified atom stereocenters. The fourth-order valence-electron chi connectivity index (χ4n) is 3.45. The largest absolute Gasteiger partial charge is 0.375 e. The lowest BCUT2D eigenvalue weighted by Gasteiger charge is -2.29. The number of hydrogen-bond acceptors (Lipinski definition) is 3. The lowest BCUT2D eigenvalue weighted by Crippen LogP contribution is -2.42. The van der Waals surface area contributed by atoms with Crippen LogP contribution in [0.3, 0.4) is 0 Å². The minimum atomic E-state index is 0.532. The Kier molecular flexibility index (Phi) is 4.02. The SMILES string of the molecule is CCCNC(Cc1cccs1)C1CC2CCC1O2. The normalized spacial score (nSPS) is 31.9. The number of hydrogen-bond donors (Lipinski definition) is 1. The van der Waals surface area contributed by atoms with Gasteiger partial charge in [-0.2, -0.15) is 0 Å². The molecule has 0 radical (unpaired) electrons. The van der Waals surface area contributed by atoms with E-state index in [4.69, 9.17) is 4.74 Å². The van der Waals surface area contributed by atoms with E-state index in [1.54, 1.807) is 0 Å². The Balaban J connectivity index is 1.65. The predicted octanol–water partition coefficient (Wildman–Crippen LogP) is 3.23. The summed E-state index contributed by atoms with van der Waals surface area (Å²) < 4.78 is 6.03. The Hall–Kier alpha value is -0.380. The average Bonchev–Trinajstić information content (AvgIpc) is 3.10. The first-order chi connectivity index (χ1) is 8.86. The lowest BCUT2D eigenvalue weighted by atomic mass is 9.82. The summed E-state index contributed by atoms with van der Waals surface area (Å²) in [6, 6.07) is 5.03. The summed E-state index contributed by atoms with van der Waals surface area (Å²) in [6.07, 6.45) is 7.33. The standard InChI is InChI=1S/C15H23NOS/c1-2-7-16-14(10-12-4-3-8-18-12)13-9-11-5-6-15(13)17-11/h3-4,8,11,13-16H,2,5-7,9-10H2,1H3. The maximum atomic E-state index is 6.03. The van der Waals surface area contributed by atoms with Crippen molar-refractivity contribution in [3.05, 3.63) is 22.4 Å². The molecule has 0 saturated carbocycles. The van der Waals surface area contributed by atoms with Gasteiger partial charge in [-0.3, -0.25) is 0 Å². The van der Waals surface area contributed by atoms with Crippen molar-refractivity contribution >= 4 is 11.3 Å². The summed E-state index contributed by atoms with van der Waals surface area (Å²) in [6.45, 7) is 3.37. The van der Waals surface area contributed by atoms with Crippen LogP contribution in [0.5, 0.6) is 0 Å². The van der Waals surface area contributed by atoms with Crippen LogP contribution in [0.2, 0.25) is 0 Å². The molecule has 0 amide bonds. The summed E-state index contributed by atoms with van der Waals surface area (Å²) in [4.78, 5) is 1.51. The molecule has 2 nitrogen and oxygen atoms in total. The van der Waals surface area contributed by atoms with Gasteiger partial charge in [-0.25, -0.2) is 0 Å². The van der Waals surface area contributed by atoms with E-state index in [-0.39, 0.29) is 0 Å². The summed E-state index contributed by atoms with van der Waals surface area (Å²) >= 11 is 1.88. The molecule has 4 atom stereocenters. The van der Waals surface area contributed by atoms with Gasteiger partial charge in [0.05, 0.1) is 12.2 Å². The number of ether oxygens (including phenoxy) is 1. The van der Waals surface area contributed by atoms with Gasteiger partial charge in [0.2, 0.25) is 0 Å². The van der Waals surface area contributed by atoms with Gasteiger partial charge in [0.15, 0.2) is 0 Å². The highest BCUT2D eigenvalue weighted by Gasteiger charge is 2.44. The second-order valence-corrected chi connectivity index (χ2v) is 6.65. The third-order valence-corrected chi connectivity index (χ3v) is 5.23. The van der Waals surface area contributed by atoms with Crippen molar-refractivity contribution in [2.45, 2.75) is 57.3 Å². The molecule has 0 aromatic carbocycles. The molecule has 2 fully saturated rings. The first-order valence-electron chi connectivity index (χ1n) is 7.28. The highest BCUT2D eigenvalue weighted by molar-refractivity contribution is 7.09. The van der Waals surface area contributed by atoms with Crippen molar-refractivity contribution in [1.29, 1.82) is 0 Å². The van der Waals surface area contributed by atoms with Crippen LogP contribution in [0.15, 0.2) is 17.5 Å². The molecule has 2 saturated heterocycles. The van der Waals surface area contributed by atoms with Gasteiger partial charge in [0.25, 0.3) is 0 Å². The molecule has 1 N–H and O–H groups in total. The molecule has 3 heteroatoms. The van der Waals surface area contributed by atoms with Gasteiger partial charge in [-0.1, -0.05) is 13.0 Å². The van der Waals surface area contributed by atoms with E-state index in [1.807, 2.05) is 11.3 Å². The predicted molar refractivity (Wildman–Crippen MR) is 76.1 cm³/mol. The molecule has 0 aliphatic carbocycles. The Morgan fingerprint density at radius 2 is 2.44 bits per heavy atom. The van der Waals surface area contributed by atoms with Crippen LogP contribution < -0.4 is 5.32 Å². The van der Waals surface area contributed by atoms with Crippen molar-refractivity contribution in [1.82, 2.24) is 5.32 Å². The second kappa shape index (κ2) is 5.72.